The average molecular weight is 312 g/mol. The number of rotatable bonds is 3. The Balaban J connectivity index is 2.24. The second-order valence-electron chi connectivity index (χ2n) is 4.35. The predicted molar refractivity (Wildman–Crippen MR) is 72.7 cm³/mol. The van der Waals surface area contributed by atoms with Gasteiger partial charge < -0.3 is 5.73 Å². The van der Waals surface area contributed by atoms with E-state index >= 15 is 0 Å². The molecular weight excluding hydrogens is 297 g/mol. The Labute approximate surface area is 114 Å². The third-order valence-corrected chi connectivity index (χ3v) is 3.75. The van der Waals surface area contributed by atoms with E-state index in [9.17, 15) is 4.39 Å². The lowest BCUT2D eigenvalue weighted by molar-refractivity contribution is 0.602. The van der Waals surface area contributed by atoms with Gasteiger partial charge in [-0.3, -0.25) is 4.68 Å². The van der Waals surface area contributed by atoms with Gasteiger partial charge in [-0.1, -0.05) is 12.1 Å². The fourth-order valence-electron chi connectivity index (χ4n) is 2.00. The van der Waals surface area contributed by atoms with Gasteiger partial charge in [0.15, 0.2) is 0 Å². The summed E-state index contributed by atoms with van der Waals surface area (Å²) in [6, 6.07) is 6.65. The highest BCUT2D eigenvalue weighted by Gasteiger charge is 2.15. The first kappa shape index (κ1) is 13.2. The molecule has 96 valence electrons. The highest BCUT2D eigenvalue weighted by molar-refractivity contribution is 9.10. The van der Waals surface area contributed by atoms with Crippen LogP contribution in [0.1, 0.15) is 23.0 Å². The monoisotopic (exact) mass is 311 g/mol. The first-order valence-electron chi connectivity index (χ1n) is 5.68. The Morgan fingerprint density at radius 1 is 1.50 bits per heavy atom. The number of halogens is 2. The fraction of sp³-hybridized carbons (Fsp3) is 0.308. The largest absolute Gasteiger partial charge is 0.324 e. The van der Waals surface area contributed by atoms with Crippen molar-refractivity contribution in [2.24, 2.45) is 12.8 Å². The molecule has 18 heavy (non-hydrogen) atoms. The van der Waals surface area contributed by atoms with Gasteiger partial charge in [-0.05, 0) is 40.5 Å². The number of hydrogen-bond acceptors (Lipinski definition) is 2. The summed E-state index contributed by atoms with van der Waals surface area (Å²) in [5.74, 6) is -0.288. The highest BCUT2D eigenvalue weighted by Crippen LogP contribution is 2.26. The van der Waals surface area contributed by atoms with Gasteiger partial charge in [0.1, 0.15) is 5.82 Å². The third kappa shape index (κ3) is 2.62. The third-order valence-electron chi connectivity index (χ3n) is 2.91. The minimum atomic E-state index is -0.288. The Morgan fingerprint density at radius 3 is 2.83 bits per heavy atom. The second kappa shape index (κ2) is 5.20. The van der Waals surface area contributed by atoms with Gasteiger partial charge in [-0.2, -0.15) is 5.10 Å². The maximum Gasteiger partial charge on any atom is 0.137 e. The second-order valence-corrected chi connectivity index (χ2v) is 5.15. The summed E-state index contributed by atoms with van der Waals surface area (Å²) in [5, 5.41) is 4.27. The molecule has 2 N–H and O–H groups in total. The molecule has 1 heterocycles. The van der Waals surface area contributed by atoms with E-state index in [1.54, 1.807) is 6.07 Å². The van der Waals surface area contributed by atoms with Crippen LogP contribution in [0.5, 0.6) is 0 Å². The van der Waals surface area contributed by atoms with E-state index in [1.165, 1.54) is 6.07 Å². The molecule has 0 fully saturated rings. The lowest BCUT2D eigenvalue weighted by Gasteiger charge is -2.14. The van der Waals surface area contributed by atoms with Crippen molar-refractivity contribution in [1.82, 2.24) is 9.78 Å². The van der Waals surface area contributed by atoms with Gasteiger partial charge in [0.25, 0.3) is 0 Å². The summed E-state index contributed by atoms with van der Waals surface area (Å²) in [6.45, 7) is 1.94. The normalized spacial score (nSPS) is 12.7. The zero-order chi connectivity index (χ0) is 13.3. The van der Waals surface area contributed by atoms with Crippen molar-refractivity contribution in [3.8, 4) is 0 Å². The molecule has 1 aromatic carbocycles. The van der Waals surface area contributed by atoms with Crippen LogP contribution in [0.2, 0.25) is 0 Å². The summed E-state index contributed by atoms with van der Waals surface area (Å²) < 4.78 is 15.7. The first-order chi connectivity index (χ1) is 8.49. The van der Waals surface area contributed by atoms with Crippen molar-refractivity contribution in [3.05, 3.63) is 51.5 Å². The smallest absolute Gasteiger partial charge is 0.137 e. The van der Waals surface area contributed by atoms with Crippen LogP contribution in [-0.2, 0) is 13.5 Å². The predicted octanol–water partition coefficient (Wildman–Crippen LogP) is 2.87. The lowest BCUT2D eigenvalue weighted by atomic mass is 10.0. The van der Waals surface area contributed by atoms with Crippen LogP contribution >= 0.6 is 15.9 Å². The Hall–Kier alpha value is -1.20. The quantitative estimate of drug-likeness (QED) is 0.947. The standard InChI is InChI=1S/C13H15BrFN3/c1-8-6-9(18(2)17-8)7-12(16)10-4-3-5-11(15)13(10)14/h3-6,12H,7,16H2,1-2H3. The number of benzene rings is 1. The van der Waals surface area contributed by atoms with E-state index in [0.29, 0.717) is 10.9 Å². The summed E-state index contributed by atoms with van der Waals surface area (Å²) in [4.78, 5) is 0. The first-order valence-corrected chi connectivity index (χ1v) is 6.47. The van der Waals surface area contributed by atoms with Gasteiger partial charge in [-0.15, -0.1) is 0 Å². The maximum atomic E-state index is 13.4. The Kier molecular flexibility index (Phi) is 3.82. The van der Waals surface area contributed by atoms with Gasteiger partial charge in [0.2, 0.25) is 0 Å². The number of hydrogen-bond donors (Lipinski definition) is 1. The Bertz CT molecular complexity index is 565. The number of aryl methyl sites for hydroxylation is 2. The minimum absolute atomic E-state index is 0.259. The molecule has 0 saturated heterocycles. The fourth-order valence-corrected chi connectivity index (χ4v) is 2.56. The van der Waals surface area contributed by atoms with Crippen LogP contribution in [0, 0.1) is 12.7 Å². The Morgan fingerprint density at radius 2 is 2.22 bits per heavy atom. The van der Waals surface area contributed by atoms with E-state index in [-0.39, 0.29) is 11.9 Å². The van der Waals surface area contributed by atoms with E-state index in [1.807, 2.05) is 30.8 Å². The van der Waals surface area contributed by atoms with E-state index in [2.05, 4.69) is 21.0 Å². The van der Waals surface area contributed by atoms with Crippen molar-refractivity contribution < 1.29 is 4.39 Å². The molecule has 0 aliphatic heterocycles. The topological polar surface area (TPSA) is 43.8 Å². The molecule has 2 rings (SSSR count). The summed E-state index contributed by atoms with van der Waals surface area (Å²) in [7, 11) is 1.88. The molecule has 0 aliphatic carbocycles. The van der Waals surface area contributed by atoms with Crippen LogP contribution < -0.4 is 5.73 Å². The molecule has 2 aromatic rings. The molecule has 0 spiro atoms. The molecule has 1 atom stereocenters. The van der Waals surface area contributed by atoms with Gasteiger partial charge >= 0.3 is 0 Å². The average Bonchev–Trinajstić information content (AvgIpc) is 2.61. The number of nitrogens with two attached hydrogens (primary N) is 1. The summed E-state index contributed by atoms with van der Waals surface area (Å²) in [5.41, 5.74) is 8.90. The van der Waals surface area contributed by atoms with Gasteiger partial charge in [0, 0.05) is 25.2 Å². The zero-order valence-corrected chi connectivity index (χ0v) is 11.9. The molecule has 0 bridgehead atoms. The molecule has 5 heteroatoms. The van der Waals surface area contributed by atoms with Crippen molar-refractivity contribution in [2.45, 2.75) is 19.4 Å². The molecular formula is C13H15BrFN3. The van der Waals surface area contributed by atoms with Crippen molar-refractivity contribution in [1.29, 1.82) is 0 Å². The summed E-state index contributed by atoms with van der Waals surface area (Å²) in [6.07, 6.45) is 0.624. The SMILES string of the molecule is Cc1cc(CC(N)c2cccc(F)c2Br)n(C)n1. The van der Waals surface area contributed by atoms with Crippen molar-refractivity contribution in [3.63, 3.8) is 0 Å². The molecule has 0 radical (unpaired) electrons. The van der Waals surface area contributed by atoms with Crippen molar-refractivity contribution >= 4 is 15.9 Å². The molecule has 3 nitrogen and oxygen atoms in total. The van der Waals surface area contributed by atoms with E-state index in [0.717, 1.165) is 17.0 Å². The highest BCUT2D eigenvalue weighted by atomic mass is 79.9. The van der Waals surface area contributed by atoms with E-state index in [4.69, 9.17) is 5.73 Å². The molecule has 0 amide bonds. The maximum absolute atomic E-state index is 13.4. The number of nitrogens with zero attached hydrogens (tertiary/aromatic N) is 2. The van der Waals surface area contributed by atoms with Crippen LogP contribution in [0.25, 0.3) is 0 Å². The van der Waals surface area contributed by atoms with Crippen molar-refractivity contribution in [2.75, 3.05) is 0 Å². The zero-order valence-electron chi connectivity index (χ0n) is 10.3. The van der Waals surface area contributed by atoms with Crippen LogP contribution in [0.15, 0.2) is 28.7 Å². The summed E-state index contributed by atoms with van der Waals surface area (Å²) >= 11 is 3.24. The molecule has 1 aromatic heterocycles. The molecule has 0 aliphatic rings. The lowest BCUT2D eigenvalue weighted by Crippen LogP contribution is -2.16. The van der Waals surface area contributed by atoms with Gasteiger partial charge in [-0.25, -0.2) is 4.39 Å². The van der Waals surface area contributed by atoms with Crippen LogP contribution in [0.3, 0.4) is 0 Å². The minimum Gasteiger partial charge on any atom is -0.324 e. The molecule has 1 unspecified atom stereocenters. The van der Waals surface area contributed by atoms with E-state index < -0.39 is 0 Å². The van der Waals surface area contributed by atoms with Gasteiger partial charge in [0.05, 0.1) is 10.2 Å². The number of aromatic nitrogens is 2. The van der Waals surface area contributed by atoms with Crippen LogP contribution in [0.4, 0.5) is 4.39 Å². The van der Waals surface area contributed by atoms with Crippen LogP contribution in [-0.4, -0.2) is 9.78 Å². The molecule has 0 saturated carbocycles.